The van der Waals surface area contributed by atoms with Gasteiger partial charge in [0.2, 0.25) is 0 Å². The Morgan fingerprint density at radius 1 is 1.34 bits per heavy atom. The minimum Gasteiger partial charge on any atom is -0.478 e. The molecule has 0 saturated heterocycles. The summed E-state index contributed by atoms with van der Waals surface area (Å²) in [4.78, 5) is 31.5. The molecule has 0 bridgehead atoms. The van der Waals surface area contributed by atoms with Crippen LogP contribution in [0.1, 0.15) is 60.3 Å². The Morgan fingerprint density at radius 3 is 2.69 bits per heavy atom. The van der Waals surface area contributed by atoms with Crippen molar-refractivity contribution in [1.29, 1.82) is 5.26 Å². The maximum atomic E-state index is 13.2. The summed E-state index contributed by atoms with van der Waals surface area (Å²) in [5.41, 5.74) is 2.25. The number of aryl methyl sites for hydroxylation is 1. The van der Waals surface area contributed by atoms with Crippen LogP contribution in [0.2, 0.25) is 0 Å². The number of fused-ring (bicyclic) bond motifs is 1. The molecule has 1 unspecified atom stereocenters. The molecule has 2 N–H and O–H groups in total. The van der Waals surface area contributed by atoms with Gasteiger partial charge in [-0.2, -0.15) is 5.26 Å². The molecular formula is C24H27N5O3. The molecule has 8 heteroatoms. The molecule has 2 aromatic heterocycles. The van der Waals surface area contributed by atoms with Crippen molar-refractivity contribution < 1.29 is 9.90 Å². The molecule has 0 aliphatic heterocycles. The summed E-state index contributed by atoms with van der Waals surface area (Å²) in [7, 11) is 0. The molecule has 1 aromatic carbocycles. The van der Waals surface area contributed by atoms with E-state index >= 15 is 0 Å². The van der Waals surface area contributed by atoms with Gasteiger partial charge in [-0.25, -0.2) is 9.78 Å². The fourth-order valence-corrected chi connectivity index (χ4v) is 3.83. The number of pyridine rings is 1. The zero-order valence-corrected chi connectivity index (χ0v) is 18.7. The second kappa shape index (κ2) is 9.52. The highest BCUT2D eigenvalue weighted by atomic mass is 16.4. The summed E-state index contributed by atoms with van der Waals surface area (Å²) < 4.78 is 1.41. The van der Waals surface area contributed by atoms with Crippen LogP contribution in [0.5, 0.6) is 0 Å². The minimum absolute atomic E-state index is 0.0196. The fourth-order valence-electron chi connectivity index (χ4n) is 3.83. The van der Waals surface area contributed by atoms with Crippen LogP contribution in [0.25, 0.3) is 5.65 Å². The van der Waals surface area contributed by atoms with Gasteiger partial charge >= 0.3 is 5.97 Å². The van der Waals surface area contributed by atoms with Crippen LogP contribution >= 0.6 is 0 Å². The van der Waals surface area contributed by atoms with E-state index in [2.05, 4.69) is 5.32 Å². The van der Waals surface area contributed by atoms with Crippen LogP contribution < -0.4 is 15.8 Å². The predicted octanol–water partition coefficient (Wildman–Crippen LogP) is 3.98. The van der Waals surface area contributed by atoms with Gasteiger partial charge in [-0.1, -0.05) is 19.1 Å². The zero-order valence-electron chi connectivity index (χ0n) is 18.7. The molecule has 1 atom stereocenters. The molecule has 0 saturated carbocycles. The fraction of sp³-hybridized carbons (Fsp3) is 0.333. The standard InChI is InChI=1S/C24H27N5O3/c1-5-11-28(6-2)21-19(13-25)23(30)29-14-15(3)12-18(22(29)27-21)16(4)26-20-10-8-7-9-17(20)24(31)32/h7-10,12,14,16,26H,5-6,11H2,1-4H3,(H,31,32). The number of nitriles is 1. The number of carbonyl (C=O) groups is 1. The molecule has 2 heterocycles. The molecule has 0 spiro atoms. The number of nitrogens with one attached hydrogen (secondary N) is 1. The number of nitrogens with zero attached hydrogens (tertiary/aromatic N) is 4. The van der Waals surface area contributed by atoms with E-state index in [4.69, 9.17) is 4.98 Å². The smallest absolute Gasteiger partial charge is 0.337 e. The van der Waals surface area contributed by atoms with E-state index in [1.807, 2.05) is 44.7 Å². The topological polar surface area (TPSA) is 111 Å². The number of para-hydroxylation sites is 1. The van der Waals surface area contributed by atoms with Crippen molar-refractivity contribution in [2.45, 2.75) is 40.2 Å². The first-order valence-electron chi connectivity index (χ1n) is 10.6. The molecular weight excluding hydrogens is 406 g/mol. The number of benzene rings is 1. The van der Waals surface area contributed by atoms with E-state index in [0.29, 0.717) is 30.2 Å². The van der Waals surface area contributed by atoms with E-state index in [9.17, 15) is 20.0 Å². The third kappa shape index (κ3) is 4.28. The molecule has 0 aliphatic carbocycles. The van der Waals surface area contributed by atoms with Gasteiger partial charge in [0, 0.05) is 30.5 Å². The highest BCUT2D eigenvalue weighted by Gasteiger charge is 2.21. The highest BCUT2D eigenvalue weighted by Crippen LogP contribution is 2.27. The lowest BCUT2D eigenvalue weighted by Gasteiger charge is -2.24. The van der Waals surface area contributed by atoms with Gasteiger partial charge in [-0.15, -0.1) is 0 Å². The average molecular weight is 434 g/mol. The van der Waals surface area contributed by atoms with E-state index < -0.39 is 11.5 Å². The normalized spacial score (nSPS) is 11.7. The van der Waals surface area contributed by atoms with Crippen LogP contribution in [0, 0.1) is 18.3 Å². The largest absolute Gasteiger partial charge is 0.478 e. The molecule has 3 aromatic rings. The molecule has 0 aliphatic rings. The van der Waals surface area contributed by atoms with Crippen LogP contribution in [0.3, 0.4) is 0 Å². The first kappa shape index (κ1) is 22.8. The van der Waals surface area contributed by atoms with Gasteiger partial charge in [0.25, 0.3) is 5.56 Å². The van der Waals surface area contributed by atoms with E-state index in [0.717, 1.165) is 17.5 Å². The Hall–Kier alpha value is -3.86. The van der Waals surface area contributed by atoms with Crippen molar-refractivity contribution in [3.63, 3.8) is 0 Å². The molecule has 0 radical (unpaired) electrons. The Labute approximate surface area is 186 Å². The Kier molecular flexibility index (Phi) is 6.79. The Morgan fingerprint density at radius 2 is 2.06 bits per heavy atom. The van der Waals surface area contributed by atoms with Crippen LogP contribution in [-0.4, -0.2) is 33.6 Å². The number of hydrogen-bond donors (Lipinski definition) is 2. The van der Waals surface area contributed by atoms with Gasteiger partial charge in [-0.3, -0.25) is 9.20 Å². The van der Waals surface area contributed by atoms with Crippen LogP contribution in [0.4, 0.5) is 11.5 Å². The van der Waals surface area contributed by atoms with Crippen molar-refractivity contribution >= 4 is 23.1 Å². The second-order valence-corrected chi connectivity index (χ2v) is 7.69. The van der Waals surface area contributed by atoms with Crippen LogP contribution in [-0.2, 0) is 0 Å². The van der Waals surface area contributed by atoms with Crippen molar-refractivity contribution in [3.8, 4) is 6.07 Å². The average Bonchev–Trinajstić information content (AvgIpc) is 2.77. The molecule has 0 amide bonds. The van der Waals surface area contributed by atoms with Gasteiger partial charge < -0.3 is 15.3 Å². The first-order valence-corrected chi connectivity index (χ1v) is 10.6. The first-order chi connectivity index (χ1) is 15.3. The van der Waals surface area contributed by atoms with Gasteiger partial charge in [0.1, 0.15) is 11.7 Å². The lowest BCUT2D eigenvalue weighted by atomic mass is 10.1. The van der Waals surface area contributed by atoms with Crippen molar-refractivity contribution in [2.75, 3.05) is 23.3 Å². The van der Waals surface area contributed by atoms with Gasteiger partial charge in [0.05, 0.1) is 11.6 Å². The lowest BCUT2D eigenvalue weighted by molar-refractivity contribution is 0.0698. The monoisotopic (exact) mass is 433 g/mol. The predicted molar refractivity (Wildman–Crippen MR) is 125 cm³/mol. The van der Waals surface area contributed by atoms with Gasteiger partial charge in [-0.05, 0) is 51.0 Å². The van der Waals surface area contributed by atoms with Gasteiger partial charge in [0.15, 0.2) is 11.4 Å². The lowest BCUT2D eigenvalue weighted by Crippen LogP contribution is -2.30. The van der Waals surface area contributed by atoms with Crippen molar-refractivity contribution in [2.24, 2.45) is 0 Å². The summed E-state index contributed by atoms with van der Waals surface area (Å²) in [6.07, 6.45) is 2.53. The Bertz CT molecular complexity index is 1260. The number of aromatic nitrogens is 2. The molecule has 3 rings (SSSR count). The summed E-state index contributed by atoms with van der Waals surface area (Å²) >= 11 is 0. The number of carboxylic acids is 1. The quantitative estimate of drug-likeness (QED) is 0.553. The molecule has 8 nitrogen and oxygen atoms in total. The summed E-state index contributed by atoms with van der Waals surface area (Å²) in [5, 5.41) is 22.4. The molecule has 0 fully saturated rings. The summed E-state index contributed by atoms with van der Waals surface area (Å²) in [5.74, 6) is -0.645. The van der Waals surface area contributed by atoms with E-state index in [1.54, 1.807) is 24.4 Å². The number of anilines is 2. The highest BCUT2D eigenvalue weighted by molar-refractivity contribution is 5.94. The number of carboxylic acid groups (broad SMARTS) is 1. The zero-order chi connectivity index (χ0) is 23.4. The number of aromatic carboxylic acids is 1. The Balaban J connectivity index is 2.21. The van der Waals surface area contributed by atoms with E-state index in [1.165, 1.54) is 10.5 Å². The third-order valence-corrected chi connectivity index (χ3v) is 5.35. The van der Waals surface area contributed by atoms with E-state index in [-0.39, 0.29) is 17.2 Å². The molecule has 166 valence electrons. The van der Waals surface area contributed by atoms with Crippen molar-refractivity contribution in [3.05, 3.63) is 69.1 Å². The second-order valence-electron chi connectivity index (χ2n) is 7.69. The number of hydrogen-bond acceptors (Lipinski definition) is 6. The third-order valence-electron chi connectivity index (χ3n) is 5.35. The van der Waals surface area contributed by atoms with Crippen molar-refractivity contribution in [1.82, 2.24) is 9.38 Å². The maximum absolute atomic E-state index is 13.2. The summed E-state index contributed by atoms with van der Waals surface area (Å²) in [6.45, 7) is 9.04. The minimum atomic E-state index is -1.03. The van der Waals surface area contributed by atoms with Crippen LogP contribution in [0.15, 0.2) is 41.3 Å². The number of rotatable bonds is 8. The maximum Gasteiger partial charge on any atom is 0.337 e. The summed E-state index contributed by atoms with van der Waals surface area (Å²) in [6, 6.07) is 10.3. The SMILES string of the molecule is CCCN(CC)c1nc2c(C(C)Nc3ccccc3C(=O)O)cc(C)cn2c(=O)c1C#N. The molecule has 32 heavy (non-hydrogen) atoms.